The van der Waals surface area contributed by atoms with Crippen molar-refractivity contribution < 1.29 is 4.79 Å². The molecule has 76 valence electrons. The number of H-pyrrole nitrogens is 1. The topological polar surface area (TPSA) is 57.8 Å². The molecule has 2 N–H and O–H groups in total. The van der Waals surface area contributed by atoms with Gasteiger partial charge in [0.15, 0.2) is 0 Å². The summed E-state index contributed by atoms with van der Waals surface area (Å²) < 4.78 is 0. The Hall–Kier alpha value is -2.10. The smallest absolute Gasteiger partial charge is 0.229 e. The Kier molecular flexibility index (Phi) is 2.78. The molecule has 0 aliphatic heterocycles. The van der Waals surface area contributed by atoms with E-state index in [1.807, 2.05) is 30.3 Å². The monoisotopic (exact) mass is 201 g/mol. The van der Waals surface area contributed by atoms with Crippen LogP contribution in [0.4, 0.5) is 5.82 Å². The highest BCUT2D eigenvalue weighted by Crippen LogP contribution is 2.03. The van der Waals surface area contributed by atoms with Crippen molar-refractivity contribution in [2.75, 3.05) is 5.32 Å². The van der Waals surface area contributed by atoms with Gasteiger partial charge in [0.05, 0.1) is 12.6 Å². The summed E-state index contributed by atoms with van der Waals surface area (Å²) in [7, 11) is 0. The normalized spacial score (nSPS) is 9.87. The van der Waals surface area contributed by atoms with Gasteiger partial charge >= 0.3 is 0 Å². The van der Waals surface area contributed by atoms with E-state index in [2.05, 4.69) is 15.5 Å². The molecule has 15 heavy (non-hydrogen) atoms. The average Bonchev–Trinajstić information content (AvgIpc) is 2.71. The molecule has 1 amide bonds. The van der Waals surface area contributed by atoms with E-state index in [1.54, 1.807) is 12.3 Å². The highest BCUT2D eigenvalue weighted by Gasteiger charge is 2.03. The quantitative estimate of drug-likeness (QED) is 0.792. The minimum Gasteiger partial charge on any atom is -0.311 e. The van der Waals surface area contributed by atoms with E-state index < -0.39 is 0 Å². The Morgan fingerprint density at radius 1 is 1.27 bits per heavy atom. The molecule has 0 unspecified atom stereocenters. The van der Waals surface area contributed by atoms with E-state index in [4.69, 9.17) is 0 Å². The van der Waals surface area contributed by atoms with Crippen LogP contribution in [0, 0.1) is 0 Å². The number of amides is 1. The van der Waals surface area contributed by atoms with Crippen LogP contribution in [0.25, 0.3) is 0 Å². The van der Waals surface area contributed by atoms with E-state index in [9.17, 15) is 4.79 Å². The molecule has 0 fully saturated rings. The van der Waals surface area contributed by atoms with Crippen molar-refractivity contribution >= 4 is 11.7 Å². The lowest BCUT2D eigenvalue weighted by molar-refractivity contribution is -0.115. The molecule has 0 spiro atoms. The highest BCUT2D eigenvalue weighted by atomic mass is 16.1. The second kappa shape index (κ2) is 4.41. The van der Waals surface area contributed by atoms with Crippen LogP contribution in [0.2, 0.25) is 0 Å². The second-order valence-electron chi connectivity index (χ2n) is 3.18. The number of hydrogen-bond acceptors (Lipinski definition) is 2. The summed E-state index contributed by atoms with van der Waals surface area (Å²) in [5, 5.41) is 9.13. The molecule has 0 bridgehead atoms. The minimum atomic E-state index is -0.0505. The summed E-state index contributed by atoms with van der Waals surface area (Å²) in [6, 6.07) is 11.3. The molecular formula is C11H11N3O. The van der Waals surface area contributed by atoms with Crippen LogP contribution in [0.1, 0.15) is 5.56 Å². The molecule has 0 radical (unpaired) electrons. The molecule has 1 heterocycles. The number of benzene rings is 1. The van der Waals surface area contributed by atoms with Gasteiger partial charge in [-0.2, -0.15) is 5.10 Å². The number of aromatic nitrogens is 2. The third-order valence-corrected chi connectivity index (χ3v) is 1.98. The third kappa shape index (κ3) is 2.67. The minimum absolute atomic E-state index is 0.0505. The fourth-order valence-corrected chi connectivity index (χ4v) is 1.30. The van der Waals surface area contributed by atoms with E-state index >= 15 is 0 Å². The number of aromatic amines is 1. The zero-order chi connectivity index (χ0) is 10.5. The van der Waals surface area contributed by atoms with Crippen molar-refractivity contribution in [3.05, 3.63) is 48.2 Å². The Labute approximate surface area is 87.3 Å². The first-order chi connectivity index (χ1) is 7.34. The number of anilines is 1. The van der Waals surface area contributed by atoms with Crippen LogP contribution >= 0.6 is 0 Å². The van der Waals surface area contributed by atoms with Crippen molar-refractivity contribution in [1.29, 1.82) is 0 Å². The van der Waals surface area contributed by atoms with Gasteiger partial charge in [-0.3, -0.25) is 9.89 Å². The first-order valence-electron chi connectivity index (χ1n) is 4.68. The van der Waals surface area contributed by atoms with Crippen molar-refractivity contribution in [2.24, 2.45) is 0 Å². The predicted octanol–water partition coefficient (Wildman–Crippen LogP) is 1.59. The fourth-order valence-electron chi connectivity index (χ4n) is 1.30. The van der Waals surface area contributed by atoms with E-state index in [-0.39, 0.29) is 5.91 Å². The van der Waals surface area contributed by atoms with Crippen molar-refractivity contribution in [2.45, 2.75) is 6.42 Å². The van der Waals surface area contributed by atoms with Crippen LogP contribution in [-0.4, -0.2) is 16.1 Å². The predicted molar refractivity (Wildman–Crippen MR) is 57.4 cm³/mol. The van der Waals surface area contributed by atoms with Crippen molar-refractivity contribution in [1.82, 2.24) is 10.2 Å². The standard InChI is InChI=1S/C11H11N3O/c15-11(13-10-6-7-12-14-10)8-9-4-2-1-3-5-9/h1-7H,8H2,(H2,12,13,14,15). The van der Waals surface area contributed by atoms with Crippen LogP contribution in [-0.2, 0) is 11.2 Å². The van der Waals surface area contributed by atoms with Gasteiger partial charge in [-0.1, -0.05) is 30.3 Å². The summed E-state index contributed by atoms with van der Waals surface area (Å²) in [6.45, 7) is 0. The van der Waals surface area contributed by atoms with Gasteiger partial charge in [-0.15, -0.1) is 0 Å². The van der Waals surface area contributed by atoms with Gasteiger partial charge in [-0.25, -0.2) is 0 Å². The maximum Gasteiger partial charge on any atom is 0.229 e. The molecule has 1 aromatic heterocycles. The Morgan fingerprint density at radius 2 is 2.07 bits per heavy atom. The molecule has 2 aromatic rings. The number of carbonyl (C=O) groups excluding carboxylic acids is 1. The maximum atomic E-state index is 11.5. The summed E-state index contributed by atoms with van der Waals surface area (Å²) in [5.74, 6) is 0.571. The van der Waals surface area contributed by atoms with E-state index in [0.717, 1.165) is 5.56 Å². The lowest BCUT2D eigenvalue weighted by atomic mass is 10.1. The largest absolute Gasteiger partial charge is 0.311 e. The molecule has 4 heteroatoms. The maximum absolute atomic E-state index is 11.5. The number of nitrogens with one attached hydrogen (secondary N) is 2. The Morgan fingerprint density at radius 3 is 2.73 bits per heavy atom. The molecular weight excluding hydrogens is 190 g/mol. The lowest BCUT2D eigenvalue weighted by Gasteiger charge is -2.01. The molecule has 0 saturated heterocycles. The number of hydrogen-bond donors (Lipinski definition) is 2. The molecule has 0 aliphatic carbocycles. The van der Waals surface area contributed by atoms with Crippen molar-refractivity contribution in [3.63, 3.8) is 0 Å². The van der Waals surface area contributed by atoms with Crippen LogP contribution in [0.5, 0.6) is 0 Å². The van der Waals surface area contributed by atoms with Gasteiger partial charge in [0.2, 0.25) is 5.91 Å². The molecule has 4 nitrogen and oxygen atoms in total. The zero-order valence-corrected chi connectivity index (χ0v) is 8.10. The van der Waals surface area contributed by atoms with Gasteiger partial charge < -0.3 is 5.32 Å². The summed E-state index contributed by atoms with van der Waals surface area (Å²) in [6.07, 6.45) is 1.97. The van der Waals surface area contributed by atoms with Crippen molar-refractivity contribution in [3.8, 4) is 0 Å². The molecule has 2 rings (SSSR count). The SMILES string of the molecule is O=C(Cc1ccccc1)Nc1ccn[nH]1. The molecule has 0 saturated carbocycles. The zero-order valence-electron chi connectivity index (χ0n) is 8.10. The third-order valence-electron chi connectivity index (χ3n) is 1.98. The number of rotatable bonds is 3. The highest BCUT2D eigenvalue weighted by molar-refractivity contribution is 5.91. The van der Waals surface area contributed by atoms with Crippen LogP contribution < -0.4 is 5.32 Å². The molecule has 0 aliphatic rings. The molecule has 0 atom stereocenters. The Balaban J connectivity index is 1.94. The second-order valence-corrected chi connectivity index (χ2v) is 3.18. The Bertz CT molecular complexity index is 422. The molecule has 1 aromatic carbocycles. The van der Waals surface area contributed by atoms with Gasteiger partial charge in [0, 0.05) is 6.07 Å². The van der Waals surface area contributed by atoms with E-state index in [0.29, 0.717) is 12.2 Å². The first kappa shape index (κ1) is 9.45. The van der Waals surface area contributed by atoms with Crippen LogP contribution in [0.3, 0.4) is 0 Å². The summed E-state index contributed by atoms with van der Waals surface area (Å²) in [4.78, 5) is 11.5. The number of nitrogens with zero attached hydrogens (tertiary/aromatic N) is 1. The van der Waals surface area contributed by atoms with E-state index in [1.165, 1.54) is 0 Å². The number of carbonyl (C=O) groups is 1. The average molecular weight is 201 g/mol. The van der Waals surface area contributed by atoms with Gasteiger partial charge in [0.1, 0.15) is 5.82 Å². The fraction of sp³-hybridized carbons (Fsp3) is 0.0909. The summed E-state index contributed by atoms with van der Waals surface area (Å²) in [5.41, 5.74) is 0.995. The van der Waals surface area contributed by atoms with Gasteiger partial charge in [0.25, 0.3) is 0 Å². The first-order valence-corrected chi connectivity index (χ1v) is 4.68. The van der Waals surface area contributed by atoms with Crippen LogP contribution in [0.15, 0.2) is 42.6 Å². The summed E-state index contributed by atoms with van der Waals surface area (Å²) >= 11 is 0. The lowest BCUT2D eigenvalue weighted by Crippen LogP contribution is -2.14. The van der Waals surface area contributed by atoms with Gasteiger partial charge in [-0.05, 0) is 5.56 Å².